The maximum atomic E-state index is 12.9. The molecule has 0 bridgehead atoms. The van der Waals surface area contributed by atoms with Crippen molar-refractivity contribution in [3.05, 3.63) is 16.1 Å². The summed E-state index contributed by atoms with van der Waals surface area (Å²) in [5, 5.41) is 2.41. The quantitative estimate of drug-likeness (QED) is 0.424. The summed E-state index contributed by atoms with van der Waals surface area (Å²) in [5.74, 6) is -0.242. The number of aromatic nitrogens is 1. The zero-order valence-corrected chi connectivity index (χ0v) is 20.5. The van der Waals surface area contributed by atoms with Crippen LogP contribution >= 0.6 is 11.3 Å². The van der Waals surface area contributed by atoms with Gasteiger partial charge in [-0.25, -0.2) is 14.6 Å². The van der Waals surface area contributed by atoms with E-state index < -0.39 is 11.6 Å². The van der Waals surface area contributed by atoms with E-state index in [0.29, 0.717) is 36.9 Å². The molecule has 7 nitrogen and oxygen atoms in total. The highest BCUT2D eigenvalue weighted by Crippen LogP contribution is 2.31. The number of rotatable bonds is 11. The lowest BCUT2D eigenvalue weighted by molar-refractivity contribution is -0.00779. The van der Waals surface area contributed by atoms with Crippen LogP contribution < -0.4 is 0 Å². The molecule has 0 radical (unpaired) electrons. The Morgan fingerprint density at radius 1 is 1.17 bits per heavy atom. The number of carbonyl (C=O) groups excluding carboxylic acids is 2. The molecule has 0 saturated heterocycles. The molecule has 2 atom stereocenters. The minimum Gasteiger partial charge on any atom is -0.461 e. The molecule has 30 heavy (non-hydrogen) atoms. The molecule has 0 aliphatic rings. The van der Waals surface area contributed by atoms with E-state index in [9.17, 15) is 9.59 Å². The van der Waals surface area contributed by atoms with Crippen LogP contribution in [0.5, 0.6) is 0 Å². The van der Waals surface area contributed by atoms with Crippen LogP contribution in [-0.2, 0) is 14.2 Å². The molecule has 172 valence electrons. The van der Waals surface area contributed by atoms with Crippen molar-refractivity contribution in [1.29, 1.82) is 0 Å². The first-order chi connectivity index (χ1) is 14.0. The van der Waals surface area contributed by atoms with E-state index in [0.717, 1.165) is 6.42 Å². The maximum Gasteiger partial charge on any atom is 0.410 e. The van der Waals surface area contributed by atoms with Crippen molar-refractivity contribution in [3.8, 4) is 0 Å². The average molecular weight is 443 g/mol. The molecule has 0 aliphatic carbocycles. The van der Waals surface area contributed by atoms with E-state index in [1.54, 1.807) is 12.3 Å². The van der Waals surface area contributed by atoms with Gasteiger partial charge in [-0.05, 0) is 47.0 Å². The van der Waals surface area contributed by atoms with Gasteiger partial charge in [0.15, 0.2) is 5.69 Å². The van der Waals surface area contributed by atoms with Gasteiger partial charge in [0, 0.05) is 31.0 Å². The number of amides is 1. The third-order valence-electron chi connectivity index (χ3n) is 4.37. The molecule has 1 amide bonds. The maximum absolute atomic E-state index is 12.9. The molecule has 0 saturated carbocycles. The fourth-order valence-electron chi connectivity index (χ4n) is 3.11. The van der Waals surface area contributed by atoms with Crippen LogP contribution in [0.2, 0.25) is 0 Å². The summed E-state index contributed by atoms with van der Waals surface area (Å²) in [6.45, 7) is 16.9. The number of hydrogen-bond donors (Lipinski definition) is 0. The fraction of sp³-hybridized carbons (Fsp3) is 0.773. The van der Waals surface area contributed by atoms with Crippen LogP contribution in [0.4, 0.5) is 4.79 Å². The van der Waals surface area contributed by atoms with Crippen molar-refractivity contribution >= 4 is 23.4 Å². The van der Waals surface area contributed by atoms with E-state index in [-0.39, 0.29) is 24.2 Å². The van der Waals surface area contributed by atoms with Crippen molar-refractivity contribution in [3.63, 3.8) is 0 Å². The third kappa shape index (κ3) is 8.22. The first kappa shape index (κ1) is 26.4. The van der Waals surface area contributed by atoms with Crippen LogP contribution in [-0.4, -0.2) is 53.3 Å². The van der Waals surface area contributed by atoms with Gasteiger partial charge in [-0.1, -0.05) is 20.8 Å². The molecule has 1 heterocycles. The number of ether oxygens (including phenoxy) is 3. The summed E-state index contributed by atoms with van der Waals surface area (Å²) in [4.78, 5) is 31.2. The zero-order chi connectivity index (χ0) is 22.9. The van der Waals surface area contributed by atoms with Crippen LogP contribution in [0, 0.1) is 5.92 Å². The van der Waals surface area contributed by atoms with Gasteiger partial charge in [-0.3, -0.25) is 0 Å². The molecule has 0 aliphatic heterocycles. The molecular weight excluding hydrogens is 404 g/mol. The number of thiazole rings is 1. The molecule has 0 aromatic carbocycles. The summed E-state index contributed by atoms with van der Waals surface area (Å²) < 4.78 is 16.7. The van der Waals surface area contributed by atoms with Gasteiger partial charge in [0.1, 0.15) is 16.7 Å². The Bertz CT molecular complexity index is 669. The number of esters is 1. The van der Waals surface area contributed by atoms with Gasteiger partial charge in [0.2, 0.25) is 0 Å². The highest BCUT2D eigenvalue weighted by molar-refractivity contribution is 7.09. The second-order valence-electron chi connectivity index (χ2n) is 8.46. The highest BCUT2D eigenvalue weighted by atomic mass is 32.1. The average Bonchev–Trinajstić information content (AvgIpc) is 3.12. The fourth-order valence-corrected chi connectivity index (χ4v) is 3.96. The third-order valence-corrected chi connectivity index (χ3v) is 5.30. The van der Waals surface area contributed by atoms with Crippen molar-refractivity contribution in [2.24, 2.45) is 5.92 Å². The minimum absolute atomic E-state index is 0.0914. The first-order valence-corrected chi connectivity index (χ1v) is 11.7. The lowest BCUT2D eigenvalue weighted by Gasteiger charge is -2.37. The first-order valence-electron chi connectivity index (χ1n) is 10.8. The lowest BCUT2D eigenvalue weighted by Crippen LogP contribution is -2.47. The molecule has 1 rings (SSSR count). The van der Waals surface area contributed by atoms with Crippen LogP contribution in [0.1, 0.15) is 89.8 Å². The van der Waals surface area contributed by atoms with E-state index in [1.165, 1.54) is 11.3 Å². The van der Waals surface area contributed by atoms with E-state index in [4.69, 9.17) is 14.2 Å². The Morgan fingerprint density at radius 2 is 1.83 bits per heavy atom. The van der Waals surface area contributed by atoms with Gasteiger partial charge in [0.25, 0.3) is 0 Å². The number of carbonyl (C=O) groups is 2. The Hall–Kier alpha value is -1.67. The predicted octanol–water partition coefficient (Wildman–Crippen LogP) is 5.46. The predicted molar refractivity (Wildman–Crippen MR) is 119 cm³/mol. The highest BCUT2D eigenvalue weighted by Gasteiger charge is 2.33. The molecule has 0 spiro atoms. The second-order valence-corrected chi connectivity index (χ2v) is 9.35. The van der Waals surface area contributed by atoms with Crippen molar-refractivity contribution in [2.45, 2.75) is 86.0 Å². The number of nitrogens with zero attached hydrogens (tertiary/aromatic N) is 2. The Balaban J connectivity index is 3.12. The van der Waals surface area contributed by atoms with Crippen molar-refractivity contribution in [1.82, 2.24) is 9.88 Å². The van der Waals surface area contributed by atoms with E-state index in [2.05, 4.69) is 18.8 Å². The van der Waals surface area contributed by atoms with E-state index >= 15 is 0 Å². The summed E-state index contributed by atoms with van der Waals surface area (Å²) >= 11 is 1.38. The summed E-state index contributed by atoms with van der Waals surface area (Å²) in [5.41, 5.74) is -0.270. The monoisotopic (exact) mass is 442 g/mol. The molecule has 0 unspecified atom stereocenters. The zero-order valence-electron chi connectivity index (χ0n) is 19.7. The van der Waals surface area contributed by atoms with Gasteiger partial charge in [-0.2, -0.15) is 0 Å². The smallest absolute Gasteiger partial charge is 0.410 e. The second kappa shape index (κ2) is 12.2. The molecular formula is C22H38N2O5S. The molecule has 0 fully saturated rings. The van der Waals surface area contributed by atoms with Gasteiger partial charge in [-0.15, -0.1) is 11.3 Å². The summed E-state index contributed by atoms with van der Waals surface area (Å²) in [6, 6.07) is -0.0914. The largest absolute Gasteiger partial charge is 0.461 e. The minimum atomic E-state index is -0.562. The lowest BCUT2D eigenvalue weighted by atomic mass is 9.96. The van der Waals surface area contributed by atoms with Crippen LogP contribution in [0.15, 0.2) is 5.38 Å². The van der Waals surface area contributed by atoms with Gasteiger partial charge < -0.3 is 19.1 Å². The van der Waals surface area contributed by atoms with Gasteiger partial charge >= 0.3 is 12.1 Å². The van der Waals surface area contributed by atoms with Crippen LogP contribution in [0.25, 0.3) is 0 Å². The SMILES string of the molecule is CCCN(C(=O)OC(C)(C)C)[C@@H](C[C@H](OCC)c1nc(C(=O)OCC)cs1)C(C)C. The summed E-state index contributed by atoms with van der Waals surface area (Å²) in [7, 11) is 0. The normalized spacial score (nSPS) is 13.8. The van der Waals surface area contributed by atoms with Gasteiger partial charge in [0.05, 0.1) is 6.61 Å². The summed E-state index contributed by atoms with van der Waals surface area (Å²) in [6.07, 6.45) is 0.758. The molecule has 8 heteroatoms. The Labute approximate surface area is 185 Å². The van der Waals surface area contributed by atoms with Crippen LogP contribution in [0.3, 0.4) is 0 Å². The standard InChI is InChI=1S/C22H38N2O5S/c1-9-12-24(21(26)29-22(6,7)8)17(15(4)5)13-18(27-10-2)19-23-16(14-30-19)20(25)28-11-3/h14-15,17-18H,9-13H2,1-8H3/t17-,18-/m0/s1. The van der Waals surface area contributed by atoms with Crippen molar-refractivity contribution in [2.75, 3.05) is 19.8 Å². The Kier molecular flexibility index (Phi) is 10.8. The Morgan fingerprint density at radius 3 is 2.33 bits per heavy atom. The molecule has 1 aromatic heterocycles. The van der Waals surface area contributed by atoms with Crippen molar-refractivity contribution < 1.29 is 23.8 Å². The van der Waals surface area contributed by atoms with E-state index in [1.807, 2.05) is 39.5 Å². The molecule has 1 aromatic rings. The topological polar surface area (TPSA) is 78.0 Å². The number of hydrogen-bond acceptors (Lipinski definition) is 7. The molecule has 0 N–H and O–H groups in total.